The summed E-state index contributed by atoms with van der Waals surface area (Å²) in [5, 5.41) is 3.43. The molecule has 0 saturated carbocycles. The van der Waals surface area contributed by atoms with Gasteiger partial charge in [0, 0.05) is 25.5 Å². The van der Waals surface area contributed by atoms with Crippen LogP contribution in [-0.4, -0.2) is 29.2 Å². The van der Waals surface area contributed by atoms with Crippen molar-refractivity contribution in [2.24, 2.45) is 5.73 Å². The predicted molar refractivity (Wildman–Crippen MR) is 62.7 cm³/mol. The van der Waals surface area contributed by atoms with Gasteiger partial charge in [-0.1, -0.05) is 19.8 Å². The molecule has 4 nitrogen and oxygen atoms in total. The first-order valence-corrected chi connectivity index (χ1v) is 5.76. The zero-order chi connectivity index (χ0) is 10.9. The average molecular weight is 210 g/mol. The molecule has 0 spiro atoms. The third-order valence-electron chi connectivity index (χ3n) is 2.56. The second kappa shape index (κ2) is 7.43. The molecule has 0 aromatic carbocycles. The van der Waals surface area contributed by atoms with Crippen molar-refractivity contribution in [3.63, 3.8) is 0 Å². The van der Waals surface area contributed by atoms with Gasteiger partial charge in [0.1, 0.15) is 0 Å². The number of aromatic nitrogens is 2. The minimum Gasteiger partial charge on any atom is -0.332 e. The molecule has 86 valence electrons. The van der Waals surface area contributed by atoms with Gasteiger partial charge < -0.3 is 15.6 Å². The van der Waals surface area contributed by atoms with E-state index in [0.29, 0.717) is 12.6 Å². The smallest absolute Gasteiger partial charge is 0.0949 e. The van der Waals surface area contributed by atoms with Crippen LogP contribution in [0.3, 0.4) is 0 Å². The largest absolute Gasteiger partial charge is 0.332 e. The average Bonchev–Trinajstić information content (AvgIpc) is 2.77. The van der Waals surface area contributed by atoms with Gasteiger partial charge in [-0.2, -0.15) is 0 Å². The molecule has 0 saturated heterocycles. The lowest BCUT2D eigenvalue weighted by molar-refractivity contribution is 0.461. The van der Waals surface area contributed by atoms with Crippen LogP contribution in [0.2, 0.25) is 0 Å². The molecule has 0 aliphatic carbocycles. The first-order chi connectivity index (χ1) is 7.38. The van der Waals surface area contributed by atoms with Crippen molar-refractivity contribution in [2.45, 2.75) is 32.2 Å². The molecule has 0 aliphatic heterocycles. The number of nitrogens with zero attached hydrogens (tertiary/aromatic N) is 2. The molecule has 1 atom stereocenters. The van der Waals surface area contributed by atoms with Crippen molar-refractivity contribution >= 4 is 0 Å². The standard InChI is InChI=1S/C11H22N4/c1-2-3-4-5-13-9-11(8-12)15-7-6-14-10-15/h6-7,10-11,13H,2-5,8-9,12H2,1H3/t11-/m0/s1. The summed E-state index contributed by atoms with van der Waals surface area (Å²) < 4.78 is 2.06. The van der Waals surface area contributed by atoms with E-state index in [-0.39, 0.29) is 0 Å². The van der Waals surface area contributed by atoms with Crippen molar-refractivity contribution in [3.05, 3.63) is 18.7 Å². The highest BCUT2D eigenvalue weighted by atomic mass is 15.1. The molecule has 3 N–H and O–H groups in total. The fraction of sp³-hybridized carbons (Fsp3) is 0.727. The quantitative estimate of drug-likeness (QED) is 0.633. The normalized spacial score (nSPS) is 12.9. The Hall–Kier alpha value is -0.870. The van der Waals surface area contributed by atoms with E-state index in [9.17, 15) is 0 Å². The SMILES string of the molecule is CCCCCNC[C@H](CN)n1ccnc1. The Kier molecular flexibility index (Phi) is 6.04. The Bertz CT molecular complexity index is 233. The molecule has 0 aliphatic rings. The second-order valence-corrected chi connectivity index (χ2v) is 3.81. The van der Waals surface area contributed by atoms with Gasteiger partial charge >= 0.3 is 0 Å². The number of nitrogens with two attached hydrogens (primary N) is 1. The van der Waals surface area contributed by atoms with Crippen LogP contribution in [0.25, 0.3) is 0 Å². The molecule has 15 heavy (non-hydrogen) atoms. The number of rotatable bonds is 8. The van der Waals surface area contributed by atoms with Crippen LogP contribution in [-0.2, 0) is 0 Å². The van der Waals surface area contributed by atoms with E-state index in [1.807, 2.05) is 12.5 Å². The van der Waals surface area contributed by atoms with E-state index in [1.54, 1.807) is 6.20 Å². The maximum Gasteiger partial charge on any atom is 0.0949 e. The molecule has 4 heteroatoms. The highest BCUT2D eigenvalue weighted by Gasteiger charge is 2.06. The van der Waals surface area contributed by atoms with Crippen LogP contribution in [0.5, 0.6) is 0 Å². The zero-order valence-electron chi connectivity index (χ0n) is 9.52. The molecule has 0 radical (unpaired) electrons. The molecular weight excluding hydrogens is 188 g/mol. The lowest BCUT2D eigenvalue weighted by Gasteiger charge is -2.16. The van der Waals surface area contributed by atoms with E-state index >= 15 is 0 Å². The monoisotopic (exact) mass is 210 g/mol. The number of hydrogen-bond donors (Lipinski definition) is 2. The Morgan fingerprint density at radius 3 is 2.93 bits per heavy atom. The summed E-state index contributed by atoms with van der Waals surface area (Å²) >= 11 is 0. The molecule has 0 unspecified atom stereocenters. The summed E-state index contributed by atoms with van der Waals surface area (Å²) in [6.07, 6.45) is 9.39. The summed E-state index contributed by atoms with van der Waals surface area (Å²) in [5.74, 6) is 0. The summed E-state index contributed by atoms with van der Waals surface area (Å²) in [5.41, 5.74) is 5.72. The summed E-state index contributed by atoms with van der Waals surface area (Å²) in [7, 11) is 0. The lowest BCUT2D eigenvalue weighted by Crippen LogP contribution is -2.30. The Balaban J connectivity index is 2.18. The molecule has 1 rings (SSSR count). The third-order valence-corrected chi connectivity index (χ3v) is 2.56. The fourth-order valence-electron chi connectivity index (χ4n) is 1.56. The molecule has 0 amide bonds. The predicted octanol–water partition coefficient (Wildman–Crippen LogP) is 1.16. The van der Waals surface area contributed by atoms with Crippen molar-refractivity contribution in [1.82, 2.24) is 14.9 Å². The molecular formula is C11H22N4. The first kappa shape index (κ1) is 12.2. The molecule has 1 heterocycles. The molecule has 0 bridgehead atoms. The van der Waals surface area contributed by atoms with Crippen LogP contribution < -0.4 is 11.1 Å². The fourth-order valence-corrected chi connectivity index (χ4v) is 1.56. The van der Waals surface area contributed by atoms with Gasteiger partial charge in [0.25, 0.3) is 0 Å². The maximum atomic E-state index is 5.72. The van der Waals surface area contributed by atoms with Gasteiger partial charge in [-0.3, -0.25) is 0 Å². The number of unbranched alkanes of at least 4 members (excludes halogenated alkanes) is 2. The highest BCUT2D eigenvalue weighted by molar-refractivity contribution is 4.82. The summed E-state index contributed by atoms with van der Waals surface area (Å²) in [6, 6.07) is 0.328. The lowest BCUT2D eigenvalue weighted by atomic mass is 10.2. The minimum atomic E-state index is 0.328. The van der Waals surface area contributed by atoms with E-state index in [1.165, 1.54) is 19.3 Å². The highest BCUT2D eigenvalue weighted by Crippen LogP contribution is 2.02. The van der Waals surface area contributed by atoms with E-state index < -0.39 is 0 Å². The second-order valence-electron chi connectivity index (χ2n) is 3.81. The summed E-state index contributed by atoms with van der Waals surface area (Å²) in [4.78, 5) is 4.03. The van der Waals surface area contributed by atoms with Crippen molar-refractivity contribution in [3.8, 4) is 0 Å². The molecule has 1 aromatic rings. The van der Waals surface area contributed by atoms with E-state index in [4.69, 9.17) is 5.73 Å². The van der Waals surface area contributed by atoms with Crippen molar-refractivity contribution in [1.29, 1.82) is 0 Å². The van der Waals surface area contributed by atoms with Crippen molar-refractivity contribution < 1.29 is 0 Å². The van der Waals surface area contributed by atoms with Crippen LogP contribution in [0.15, 0.2) is 18.7 Å². The number of nitrogens with one attached hydrogen (secondary N) is 1. The minimum absolute atomic E-state index is 0.328. The Morgan fingerprint density at radius 1 is 1.47 bits per heavy atom. The number of imidazole rings is 1. The van der Waals surface area contributed by atoms with E-state index in [0.717, 1.165) is 13.1 Å². The van der Waals surface area contributed by atoms with Gasteiger partial charge in [0.2, 0.25) is 0 Å². The first-order valence-electron chi connectivity index (χ1n) is 5.76. The van der Waals surface area contributed by atoms with Gasteiger partial charge in [-0.05, 0) is 13.0 Å². The number of hydrogen-bond acceptors (Lipinski definition) is 3. The topological polar surface area (TPSA) is 55.9 Å². The maximum absolute atomic E-state index is 5.72. The molecule has 0 fully saturated rings. The van der Waals surface area contributed by atoms with E-state index in [2.05, 4.69) is 21.8 Å². The van der Waals surface area contributed by atoms with Crippen LogP contribution in [0.1, 0.15) is 32.2 Å². The zero-order valence-corrected chi connectivity index (χ0v) is 9.52. The molecule has 1 aromatic heterocycles. The third kappa shape index (κ3) is 4.44. The van der Waals surface area contributed by atoms with Gasteiger partial charge in [-0.15, -0.1) is 0 Å². The van der Waals surface area contributed by atoms with Gasteiger partial charge in [0.05, 0.1) is 12.4 Å². The van der Waals surface area contributed by atoms with Crippen LogP contribution >= 0.6 is 0 Å². The van der Waals surface area contributed by atoms with Gasteiger partial charge in [-0.25, -0.2) is 4.98 Å². The summed E-state index contributed by atoms with van der Waals surface area (Å²) in [6.45, 7) is 4.88. The van der Waals surface area contributed by atoms with Gasteiger partial charge in [0.15, 0.2) is 0 Å². The van der Waals surface area contributed by atoms with Crippen LogP contribution in [0, 0.1) is 0 Å². The Morgan fingerprint density at radius 2 is 2.33 bits per heavy atom. The van der Waals surface area contributed by atoms with Crippen LogP contribution in [0.4, 0.5) is 0 Å². The van der Waals surface area contributed by atoms with Crippen molar-refractivity contribution in [2.75, 3.05) is 19.6 Å². The Labute approximate surface area is 91.9 Å².